The average molecular weight is 313 g/mol. The summed E-state index contributed by atoms with van der Waals surface area (Å²) in [6.45, 7) is 3.99. The van der Waals surface area contributed by atoms with Crippen molar-refractivity contribution in [1.82, 2.24) is 4.98 Å². The van der Waals surface area contributed by atoms with Crippen LogP contribution in [0.1, 0.15) is 25.1 Å². The molecule has 0 radical (unpaired) electrons. The zero-order valence-electron chi connectivity index (χ0n) is 12.3. The summed E-state index contributed by atoms with van der Waals surface area (Å²) in [7, 11) is 0. The maximum Gasteiger partial charge on any atom is 0.256 e. The third-order valence-electron chi connectivity index (χ3n) is 3.44. The lowest BCUT2D eigenvalue weighted by Crippen LogP contribution is -2.27. The molecule has 0 spiro atoms. The van der Waals surface area contributed by atoms with E-state index in [0.29, 0.717) is 22.9 Å². The van der Waals surface area contributed by atoms with Crippen LogP contribution in [0.2, 0.25) is 0 Å². The van der Waals surface area contributed by atoms with Crippen molar-refractivity contribution in [2.75, 3.05) is 16.8 Å². The first-order valence-corrected chi connectivity index (χ1v) is 7.84. The van der Waals surface area contributed by atoms with E-state index < -0.39 is 0 Å². The Bertz CT molecular complexity index is 779. The molecule has 1 aliphatic rings. The SMILES string of the molecule is CCN(C(C)=O)c1nc(/C=C2/C(=O)Nc3ccccc32)cs1. The molecule has 0 saturated carbocycles. The molecule has 22 heavy (non-hydrogen) atoms. The fourth-order valence-corrected chi connectivity index (χ4v) is 3.28. The van der Waals surface area contributed by atoms with Gasteiger partial charge in [0.1, 0.15) is 0 Å². The van der Waals surface area contributed by atoms with Crippen molar-refractivity contribution in [1.29, 1.82) is 0 Å². The van der Waals surface area contributed by atoms with Crippen molar-refractivity contribution < 1.29 is 9.59 Å². The smallest absolute Gasteiger partial charge is 0.256 e. The molecule has 112 valence electrons. The Kier molecular flexibility index (Phi) is 3.77. The van der Waals surface area contributed by atoms with Crippen molar-refractivity contribution in [3.63, 3.8) is 0 Å². The number of hydrogen-bond acceptors (Lipinski definition) is 4. The summed E-state index contributed by atoms with van der Waals surface area (Å²) in [6.07, 6.45) is 1.76. The molecule has 6 heteroatoms. The van der Waals surface area contributed by atoms with E-state index in [9.17, 15) is 9.59 Å². The number of thiazole rings is 1. The highest BCUT2D eigenvalue weighted by Crippen LogP contribution is 2.33. The van der Waals surface area contributed by atoms with Gasteiger partial charge in [0.25, 0.3) is 5.91 Å². The second-order valence-corrected chi connectivity index (χ2v) is 5.71. The molecule has 0 saturated heterocycles. The first-order chi connectivity index (χ1) is 10.6. The van der Waals surface area contributed by atoms with Crippen molar-refractivity contribution >= 4 is 45.6 Å². The van der Waals surface area contributed by atoms with Gasteiger partial charge in [0, 0.05) is 30.1 Å². The second-order valence-electron chi connectivity index (χ2n) is 4.88. The van der Waals surface area contributed by atoms with Gasteiger partial charge in [-0.2, -0.15) is 0 Å². The van der Waals surface area contributed by atoms with Gasteiger partial charge in [-0.15, -0.1) is 11.3 Å². The number of nitrogens with zero attached hydrogens (tertiary/aromatic N) is 2. The van der Waals surface area contributed by atoms with Gasteiger partial charge in [0.05, 0.1) is 11.3 Å². The minimum absolute atomic E-state index is 0.0417. The number of carbonyl (C=O) groups is 2. The van der Waals surface area contributed by atoms with Crippen LogP contribution in [0.4, 0.5) is 10.8 Å². The molecule has 0 atom stereocenters. The molecule has 1 aliphatic heterocycles. The van der Waals surface area contributed by atoms with Crippen molar-refractivity contribution in [3.8, 4) is 0 Å². The predicted molar refractivity (Wildman–Crippen MR) is 88.8 cm³/mol. The van der Waals surface area contributed by atoms with Crippen molar-refractivity contribution in [2.24, 2.45) is 0 Å². The summed E-state index contributed by atoms with van der Waals surface area (Å²) >= 11 is 1.39. The van der Waals surface area contributed by atoms with Gasteiger partial charge >= 0.3 is 0 Å². The highest BCUT2D eigenvalue weighted by atomic mass is 32.1. The Balaban J connectivity index is 1.95. The van der Waals surface area contributed by atoms with Gasteiger partial charge in [-0.25, -0.2) is 4.98 Å². The number of benzene rings is 1. The quantitative estimate of drug-likeness (QED) is 0.886. The topological polar surface area (TPSA) is 62.3 Å². The van der Waals surface area contributed by atoms with Crippen molar-refractivity contribution in [2.45, 2.75) is 13.8 Å². The largest absolute Gasteiger partial charge is 0.321 e. The van der Waals surface area contributed by atoms with Crippen LogP contribution in [-0.2, 0) is 9.59 Å². The van der Waals surface area contributed by atoms with E-state index in [4.69, 9.17) is 0 Å². The monoisotopic (exact) mass is 313 g/mol. The number of carbonyl (C=O) groups excluding carboxylic acids is 2. The van der Waals surface area contributed by atoms with E-state index in [1.807, 2.05) is 36.6 Å². The van der Waals surface area contributed by atoms with E-state index in [2.05, 4.69) is 10.3 Å². The van der Waals surface area contributed by atoms with Gasteiger partial charge in [-0.1, -0.05) is 18.2 Å². The fraction of sp³-hybridized carbons (Fsp3) is 0.188. The molecule has 5 nitrogen and oxygen atoms in total. The van der Waals surface area contributed by atoms with Crippen LogP contribution in [-0.4, -0.2) is 23.3 Å². The Morgan fingerprint density at radius 2 is 2.18 bits per heavy atom. The Labute approximate surface area is 132 Å². The Hall–Kier alpha value is -2.47. The molecule has 0 unspecified atom stereocenters. The number of hydrogen-bond donors (Lipinski definition) is 1. The third kappa shape index (κ3) is 2.53. The maximum atomic E-state index is 12.1. The standard InChI is InChI=1S/C16H15N3O2S/c1-3-19(10(2)20)16-17-11(9-22-16)8-13-12-6-4-5-7-14(12)18-15(13)21/h4-9H,3H2,1-2H3,(H,18,21)/b13-8+. The first-order valence-electron chi connectivity index (χ1n) is 6.96. The van der Waals surface area contributed by atoms with E-state index in [-0.39, 0.29) is 11.8 Å². The van der Waals surface area contributed by atoms with Gasteiger partial charge < -0.3 is 5.32 Å². The van der Waals surface area contributed by atoms with Crippen LogP contribution >= 0.6 is 11.3 Å². The molecule has 2 amide bonds. The first kappa shape index (κ1) is 14.5. The van der Waals surface area contributed by atoms with Crippen LogP contribution < -0.4 is 10.2 Å². The zero-order chi connectivity index (χ0) is 15.7. The molecule has 2 aromatic rings. The number of aromatic nitrogens is 1. The van der Waals surface area contributed by atoms with E-state index in [1.165, 1.54) is 18.3 Å². The summed E-state index contributed by atoms with van der Waals surface area (Å²) in [5.41, 5.74) is 2.97. The third-order valence-corrected chi connectivity index (χ3v) is 4.32. The van der Waals surface area contributed by atoms with Crippen LogP contribution in [0.25, 0.3) is 11.6 Å². The van der Waals surface area contributed by atoms with E-state index >= 15 is 0 Å². The number of anilines is 2. The average Bonchev–Trinajstić information content (AvgIpc) is 3.06. The summed E-state index contributed by atoms with van der Waals surface area (Å²) in [6, 6.07) is 7.55. The number of rotatable bonds is 3. The molecule has 0 fully saturated rings. The minimum atomic E-state index is -0.130. The molecule has 0 bridgehead atoms. The summed E-state index contributed by atoms with van der Waals surface area (Å²) in [5.74, 6) is -0.172. The molecule has 1 aromatic heterocycles. The highest BCUT2D eigenvalue weighted by Gasteiger charge is 2.24. The summed E-state index contributed by atoms with van der Waals surface area (Å²) in [4.78, 5) is 29.7. The lowest BCUT2D eigenvalue weighted by atomic mass is 10.1. The molecule has 3 rings (SSSR count). The predicted octanol–water partition coefficient (Wildman–Crippen LogP) is 3.01. The number of amides is 2. The number of para-hydroxylation sites is 1. The Morgan fingerprint density at radius 1 is 1.41 bits per heavy atom. The molecule has 1 N–H and O–H groups in total. The molecular formula is C16H15N3O2S. The van der Waals surface area contributed by atoms with Crippen LogP contribution in [0.15, 0.2) is 29.6 Å². The molecule has 2 heterocycles. The lowest BCUT2D eigenvalue weighted by Gasteiger charge is -2.14. The van der Waals surface area contributed by atoms with Crippen LogP contribution in [0.5, 0.6) is 0 Å². The number of fused-ring (bicyclic) bond motifs is 1. The molecule has 0 aliphatic carbocycles. The second kappa shape index (κ2) is 5.73. The van der Waals surface area contributed by atoms with E-state index in [1.54, 1.807) is 11.0 Å². The normalized spacial score (nSPS) is 14.8. The van der Waals surface area contributed by atoms with Gasteiger partial charge in [0.15, 0.2) is 5.13 Å². The fourth-order valence-electron chi connectivity index (χ4n) is 2.39. The molecular weight excluding hydrogens is 298 g/mol. The lowest BCUT2D eigenvalue weighted by molar-refractivity contribution is -0.116. The highest BCUT2D eigenvalue weighted by molar-refractivity contribution is 7.14. The van der Waals surface area contributed by atoms with Gasteiger partial charge in [0.2, 0.25) is 5.91 Å². The minimum Gasteiger partial charge on any atom is -0.321 e. The summed E-state index contributed by atoms with van der Waals surface area (Å²) in [5, 5.41) is 5.33. The van der Waals surface area contributed by atoms with Crippen molar-refractivity contribution in [3.05, 3.63) is 40.9 Å². The summed E-state index contributed by atoms with van der Waals surface area (Å²) < 4.78 is 0. The zero-order valence-corrected chi connectivity index (χ0v) is 13.1. The van der Waals surface area contributed by atoms with Gasteiger partial charge in [-0.3, -0.25) is 14.5 Å². The van der Waals surface area contributed by atoms with Crippen LogP contribution in [0, 0.1) is 0 Å². The van der Waals surface area contributed by atoms with Crippen LogP contribution in [0.3, 0.4) is 0 Å². The van der Waals surface area contributed by atoms with Gasteiger partial charge in [-0.05, 0) is 19.1 Å². The Morgan fingerprint density at radius 3 is 2.91 bits per heavy atom. The van der Waals surface area contributed by atoms with E-state index in [0.717, 1.165) is 11.3 Å². The maximum absolute atomic E-state index is 12.1. The number of nitrogens with one attached hydrogen (secondary N) is 1. The molecule has 1 aromatic carbocycles.